The molecule has 0 spiro atoms. The Morgan fingerprint density at radius 1 is 1.06 bits per heavy atom. The molecule has 8 heteroatoms. The maximum atomic E-state index is 11.0. The van der Waals surface area contributed by atoms with Crippen molar-refractivity contribution >= 4 is 23.1 Å². The third-order valence-electron chi connectivity index (χ3n) is 5.81. The van der Waals surface area contributed by atoms with Crippen molar-refractivity contribution in [2.75, 3.05) is 18.4 Å². The zero-order chi connectivity index (χ0) is 24.9. The molecular formula is C27H35N3O5. The van der Waals surface area contributed by atoms with Gasteiger partial charge in [0.1, 0.15) is 17.0 Å². The molecule has 4 rings (SSSR count). The molecule has 35 heavy (non-hydrogen) atoms. The Morgan fingerprint density at radius 3 is 2.31 bits per heavy atom. The Kier molecular flexibility index (Phi) is 7.80. The first-order valence-corrected chi connectivity index (χ1v) is 12.3. The monoisotopic (exact) mass is 481 g/mol. The Bertz CT molecular complexity index is 1120. The Morgan fingerprint density at radius 2 is 1.71 bits per heavy atom. The lowest BCUT2D eigenvalue weighted by Gasteiger charge is -2.32. The molecule has 8 nitrogen and oxygen atoms in total. The Labute approximate surface area is 206 Å². The van der Waals surface area contributed by atoms with E-state index in [1.165, 1.54) is 5.56 Å². The van der Waals surface area contributed by atoms with E-state index in [1.807, 2.05) is 33.8 Å². The van der Waals surface area contributed by atoms with Crippen molar-refractivity contribution in [2.45, 2.75) is 71.8 Å². The first kappa shape index (κ1) is 24.9. The molecule has 0 unspecified atom stereocenters. The third-order valence-corrected chi connectivity index (χ3v) is 5.81. The number of ether oxygens (including phenoxy) is 2. The fourth-order valence-electron chi connectivity index (χ4n) is 4.39. The molecule has 0 radical (unpaired) electrons. The molecule has 1 aromatic heterocycles. The van der Waals surface area contributed by atoms with Gasteiger partial charge < -0.3 is 24.3 Å². The second kappa shape index (κ2) is 11.0. The van der Waals surface area contributed by atoms with E-state index in [2.05, 4.69) is 27.3 Å². The van der Waals surface area contributed by atoms with Crippen molar-refractivity contribution in [1.29, 1.82) is 0 Å². The summed E-state index contributed by atoms with van der Waals surface area (Å²) in [4.78, 5) is 17.9. The molecular weight excluding hydrogens is 446 g/mol. The number of carboxylic acid groups (broad SMARTS) is 1. The molecule has 0 amide bonds. The summed E-state index contributed by atoms with van der Waals surface area (Å²) in [5.41, 5.74) is 3.22. The number of aromatic nitrogens is 1. The lowest BCUT2D eigenvalue weighted by Crippen LogP contribution is -2.38. The topological polar surface area (TPSA) is 97.1 Å². The quantitative estimate of drug-likeness (QED) is 0.413. The molecule has 2 aromatic carbocycles. The summed E-state index contributed by atoms with van der Waals surface area (Å²) in [5.74, 6) is 0.820. The van der Waals surface area contributed by atoms with Crippen LogP contribution in [0.25, 0.3) is 11.1 Å². The highest BCUT2D eigenvalue weighted by Crippen LogP contribution is 2.27. The van der Waals surface area contributed by atoms with Gasteiger partial charge in [0.05, 0.1) is 18.6 Å². The SMILES string of the molecule is CC(C)Oc1cc(CN2CCC(Nc3nc4cc(CC(=O)O)ccc4o3)CC2)cc(OC(C)C)c1. The average molecular weight is 482 g/mol. The number of likely N-dealkylation sites (tertiary alicyclic amines) is 1. The van der Waals surface area contributed by atoms with E-state index in [1.54, 1.807) is 18.2 Å². The number of oxazole rings is 1. The molecule has 0 atom stereocenters. The van der Waals surface area contributed by atoms with Gasteiger partial charge in [-0.05, 0) is 75.9 Å². The highest BCUT2D eigenvalue weighted by Gasteiger charge is 2.21. The minimum absolute atomic E-state index is 0.0262. The summed E-state index contributed by atoms with van der Waals surface area (Å²) in [5, 5.41) is 12.4. The number of hydrogen-bond acceptors (Lipinski definition) is 7. The number of anilines is 1. The van der Waals surface area contributed by atoms with E-state index < -0.39 is 5.97 Å². The van der Waals surface area contributed by atoms with Crippen molar-refractivity contribution in [2.24, 2.45) is 0 Å². The van der Waals surface area contributed by atoms with E-state index in [0.29, 0.717) is 22.7 Å². The van der Waals surface area contributed by atoms with E-state index in [0.717, 1.165) is 44.0 Å². The maximum Gasteiger partial charge on any atom is 0.307 e. The molecule has 2 N–H and O–H groups in total. The van der Waals surface area contributed by atoms with Gasteiger partial charge in [-0.15, -0.1) is 0 Å². The first-order valence-electron chi connectivity index (χ1n) is 12.3. The first-order chi connectivity index (χ1) is 16.7. The Hall–Kier alpha value is -3.26. The lowest BCUT2D eigenvalue weighted by atomic mass is 10.0. The number of piperidine rings is 1. The predicted octanol–water partition coefficient (Wildman–Crippen LogP) is 5.11. The summed E-state index contributed by atoms with van der Waals surface area (Å²) < 4.78 is 17.7. The number of rotatable bonds is 10. The summed E-state index contributed by atoms with van der Waals surface area (Å²) in [6.45, 7) is 10.9. The van der Waals surface area contributed by atoms with Crippen molar-refractivity contribution in [3.05, 3.63) is 47.5 Å². The third kappa shape index (κ3) is 7.11. The Balaban J connectivity index is 1.34. The minimum Gasteiger partial charge on any atom is -0.491 e. The van der Waals surface area contributed by atoms with Crippen LogP contribution in [-0.4, -0.2) is 52.3 Å². The van der Waals surface area contributed by atoms with Gasteiger partial charge in [0.25, 0.3) is 6.01 Å². The van der Waals surface area contributed by atoms with Gasteiger partial charge in [0.2, 0.25) is 0 Å². The molecule has 1 fully saturated rings. The second-order valence-corrected chi connectivity index (χ2v) is 9.73. The largest absolute Gasteiger partial charge is 0.491 e. The van der Waals surface area contributed by atoms with Crippen molar-refractivity contribution < 1.29 is 23.8 Å². The van der Waals surface area contributed by atoms with Crippen LogP contribution >= 0.6 is 0 Å². The zero-order valence-electron chi connectivity index (χ0n) is 20.9. The number of fused-ring (bicyclic) bond motifs is 1. The van der Waals surface area contributed by atoms with Crippen molar-refractivity contribution in [3.63, 3.8) is 0 Å². The summed E-state index contributed by atoms with van der Waals surface area (Å²) >= 11 is 0. The molecule has 0 saturated carbocycles. The predicted molar refractivity (Wildman–Crippen MR) is 135 cm³/mol. The molecule has 1 aliphatic heterocycles. The number of benzene rings is 2. The number of carbonyl (C=O) groups is 1. The van der Waals surface area contributed by atoms with Gasteiger partial charge in [0, 0.05) is 31.7 Å². The lowest BCUT2D eigenvalue weighted by molar-refractivity contribution is -0.136. The van der Waals surface area contributed by atoms with Gasteiger partial charge in [0.15, 0.2) is 5.58 Å². The highest BCUT2D eigenvalue weighted by molar-refractivity contribution is 5.78. The number of hydrogen-bond donors (Lipinski definition) is 2. The fraction of sp³-hybridized carbons (Fsp3) is 0.481. The second-order valence-electron chi connectivity index (χ2n) is 9.73. The smallest absolute Gasteiger partial charge is 0.307 e. The molecule has 2 heterocycles. The number of nitrogens with one attached hydrogen (secondary N) is 1. The molecule has 0 bridgehead atoms. The number of aliphatic carboxylic acids is 1. The molecule has 3 aromatic rings. The van der Waals surface area contributed by atoms with Crippen LogP contribution in [0.2, 0.25) is 0 Å². The summed E-state index contributed by atoms with van der Waals surface area (Å²) in [6, 6.07) is 12.3. The normalized spacial score (nSPS) is 15.1. The number of carboxylic acids is 1. The van der Waals surface area contributed by atoms with E-state index >= 15 is 0 Å². The molecule has 188 valence electrons. The van der Waals surface area contributed by atoms with Crippen LogP contribution in [-0.2, 0) is 17.8 Å². The van der Waals surface area contributed by atoms with Gasteiger partial charge in [-0.2, -0.15) is 4.98 Å². The van der Waals surface area contributed by atoms with Crippen LogP contribution in [0.15, 0.2) is 40.8 Å². The van der Waals surface area contributed by atoms with Gasteiger partial charge in [-0.1, -0.05) is 6.07 Å². The maximum absolute atomic E-state index is 11.0. The van der Waals surface area contributed by atoms with E-state index in [9.17, 15) is 4.79 Å². The highest BCUT2D eigenvalue weighted by atomic mass is 16.5. The van der Waals surface area contributed by atoms with Crippen molar-refractivity contribution in [1.82, 2.24) is 9.88 Å². The van der Waals surface area contributed by atoms with Crippen LogP contribution in [0.3, 0.4) is 0 Å². The summed E-state index contributed by atoms with van der Waals surface area (Å²) in [7, 11) is 0. The van der Waals surface area contributed by atoms with E-state index in [4.69, 9.17) is 19.0 Å². The molecule has 1 saturated heterocycles. The fourth-order valence-corrected chi connectivity index (χ4v) is 4.39. The van der Waals surface area contributed by atoms with E-state index in [-0.39, 0.29) is 24.7 Å². The van der Waals surface area contributed by atoms with Crippen LogP contribution in [0.1, 0.15) is 51.7 Å². The van der Waals surface area contributed by atoms with Crippen LogP contribution < -0.4 is 14.8 Å². The van der Waals surface area contributed by atoms with Gasteiger partial charge >= 0.3 is 5.97 Å². The van der Waals surface area contributed by atoms with Gasteiger partial charge in [-0.3, -0.25) is 9.69 Å². The standard InChI is InChI=1S/C27H35N3O5/c1-17(2)33-22-11-20(12-23(15-22)34-18(3)4)16-30-9-7-21(8-10-30)28-27-29-24-13-19(14-26(31)32)5-6-25(24)35-27/h5-6,11-13,15,17-18,21H,7-10,14,16H2,1-4H3,(H,28,29)(H,31,32). The van der Waals surface area contributed by atoms with Crippen LogP contribution in [0.5, 0.6) is 11.5 Å². The van der Waals surface area contributed by atoms with Gasteiger partial charge in [-0.25, -0.2) is 0 Å². The average Bonchev–Trinajstić information content (AvgIpc) is 3.15. The van der Waals surface area contributed by atoms with Crippen LogP contribution in [0.4, 0.5) is 6.01 Å². The number of nitrogens with zero attached hydrogens (tertiary/aromatic N) is 2. The molecule has 1 aliphatic rings. The van der Waals surface area contributed by atoms with Crippen molar-refractivity contribution in [3.8, 4) is 11.5 Å². The molecule has 0 aliphatic carbocycles. The van der Waals surface area contributed by atoms with Crippen LogP contribution in [0, 0.1) is 0 Å². The minimum atomic E-state index is -0.860. The summed E-state index contributed by atoms with van der Waals surface area (Å²) in [6.07, 6.45) is 2.13. The zero-order valence-corrected chi connectivity index (χ0v) is 20.9.